The molecule has 2 aromatic carbocycles. The van der Waals surface area contributed by atoms with E-state index in [4.69, 9.17) is 10.7 Å². The van der Waals surface area contributed by atoms with Crippen LogP contribution < -0.4 is 20.9 Å². The van der Waals surface area contributed by atoms with Crippen molar-refractivity contribution in [1.82, 2.24) is 4.98 Å². The number of nitrogens with zero attached hydrogens (tertiary/aromatic N) is 3. The van der Waals surface area contributed by atoms with Crippen molar-refractivity contribution in [3.8, 4) is 0 Å². The van der Waals surface area contributed by atoms with Crippen molar-refractivity contribution in [2.24, 2.45) is 11.7 Å². The van der Waals surface area contributed by atoms with Crippen molar-refractivity contribution >= 4 is 50.1 Å². The summed E-state index contributed by atoms with van der Waals surface area (Å²) >= 11 is 3.06. The Morgan fingerprint density at radius 3 is 2.38 bits per heavy atom. The molecule has 2 amide bonds. The number of fused-ring (bicyclic) bond motifs is 1. The first-order chi connectivity index (χ1) is 16.2. The van der Waals surface area contributed by atoms with Gasteiger partial charge in [-0.15, -0.1) is 0 Å². The van der Waals surface area contributed by atoms with Crippen molar-refractivity contribution in [1.29, 1.82) is 0 Å². The van der Waals surface area contributed by atoms with Gasteiger partial charge in [0.15, 0.2) is 11.6 Å². The third kappa shape index (κ3) is 5.24. The van der Waals surface area contributed by atoms with E-state index in [-0.39, 0.29) is 23.0 Å². The summed E-state index contributed by atoms with van der Waals surface area (Å²) in [5.41, 5.74) is 7.12. The van der Waals surface area contributed by atoms with E-state index in [0.717, 1.165) is 65.1 Å². The van der Waals surface area contributed by atoms with Gasteiger partial charge in [0.05, 0.1) is 5.52 Å². The molecule has 3 aromatic rings. The first-order valence-corrected chi connectivity index (χ1v) is 12.1. The highest BCUT2D eigenvalue weighted by Gasteiger charge is 2.28. The van der Waals surface area contributed by atoms with Gasteiger partial charge in [-0.1, -0.05) is 34.1 Å². The molecule has 1 saturated carbocycles. The summed E-state index contributed by atoms with van der Waals surface area (Å²) in [6.07, 6.45) is 3.31. The van der Waals surface area contributed by atoms with Crippen LogP contribution in [0, 0.1) is 17.6 Å². The molecule has 0 bridgehead atoms. The first kappa shape index (κ1) is 24.2. The Bertz CT molecular complexity index is 1170. The van der Waals surface area contributed by atoms with Crippen LogP contribution in [0.15, 0.2) is 46.9 Å². The number of nitrogens with two attached hydrogens (primary N) is 1. The zero-order valence-corrected chi connectivity index (χ0v) is 20.8. The fourth-order valence-electron chi connectivity index (χ4n) is 4.64. The second kappa shape index (κ2) is 10.1. The van der Waals surface area contributed by atoms with Crippen molar-refractivity contribution < 1.29 is 13.6 Å². The van der Waals surface area contributed by atoms with Gasteiger partial charge in [-0.05, 0) is 49.8 Å². The average molecular weight is 532 g/mol. The lowest BCUT2D eigenvalue weighted by molar-refractivity contribution is 0.250. The summed E-state index contributed by atoms with van der Waals surface area (Å²) in [5, 5.41) is 4.65. The molecule has 0 atom stereocenters. The number of amides is 2. The average Bonchev–Trinajstić information content (AvgIpc) is 2.78. The highest BCUT2D eigenvalue weighted by atomic mass is 79.9. The van der Waals surface area contributed by atoms with Crippen LogP contribution in [0.25, 0.3) is 10.9 Å². The predicted molar refractivity (Wildman–Crippen MR) is 136 cm³/mol. The van der Waals surface area contributed by atoms with E-state index in [2.05, 4.69) is 38.3 Å². The Morgan fingerprint density at radius 2 is 1.76 bits per heavy atom. The maximum Gasteiger partial charge on any atom is 0.319 e. The number of carbonyl (C=O) groups is 1. The quantitative estimate of drug-likeness (QED) is 0.415. The molecule has 0 saturated heterocycles. The summed E-state index contributed by atoms with van der Waals surface area (Å²) in [4.78, 5) is 19.9. The molecule has 1 heterocycles. The highest BCUT2D eigenvalue weighted by Crippen LogP contribution is 2.33. The van der Waals surface area contributed by atoms with Crippen LogP contribution >= 0.6 is 15.9 Å². The minimum absolute atomic E-state index is 0.0925. The van der Waals surface area contributed by atoms with Crippen LogP contribution in [0.1, 0.15) is 25.7 Å². The summed E-state index contributed by atoms with van der Waals surface area (Å²) in [5.74, 6) is -0.723. The largest absolute Gasteiger partial charge is 0.377 e. The number of anilines is 3. The molecule has 3 N–H and O–H groups in total. The standard InChI is InChI=1S/C25H28BrF2N5O/c1-32(2)22-13-23(31-21-6-4-3-5-18(21)22)30-17-9-7-15(8-10-17)14-33(25(29)34)24-19(27)11-16(26)12-20(24)28/h3-6,11-13,15,17H,7-10,14H2,1-2H3,(H2,29,34)(H,30,31)/t15-,17+. The van der Waals surface area contributed by atoms with Crippen molar-refractivity contribution in [3.63, 3.8) is 0 Å². The predicted octanol–water partition coefficient (Wildman–Crippen LogP) is 5.90. The Morgan fingerprint density at radius 1 is 1.12 bits per heavy atom. The molecule has 1 aromatic heterocycles. The molecule has 9 heteroatoms. The Hall–Kier alpha value is -2.94. The smallest absolute Gasteiger partial charge is 0.319 e. The van der Waals surface area contributed by atoms with Crippen molar-refractivity contribution in [2.45, 2.75) is 31.7 Å². The Kier molecular flexibility index (Phi) is 7.21. The zero-order valence-electron chi connectivity index (χ0n) is 19.2. The molecule has 1 aliphatic rings. The minimum atomic E-state index is -0.864. The van der Waals surface area contributed by atoms with Crippen LogP contribution in [-0.2, 0) is 0 Å². The third-order valence-corrected chi connectivity index (χ3v) is 6.79. The molecule has 0 spiro atoms. The molecule has 1 fully saturated rings. The zero-order chi connectivity index (χ0) is 24.4. The minimum Gasteiger partial charge on any atom is -0.377 e. The Balaban J connectivity index is 1.43. The molecule has 0 unspecified atom stereocenters. The number of pyridine rings is 1. The van der Waals surface area contributed by atoms with Crippen LogP contribution in [0.2, 0.25) is 0 Å². The van der Waals surface area contributed by atoms with Gasteiger partial charge in [0, 0.05) is 48.3 Å². The normalized spacial score (nSPS) is 18.0. The van der Waals surface area contributed by atoms with Crippen molar-refractivity contribution in [3.05, 3.63) is 58.6 Å². The number of aromatic nitrogens is 1. The maximum absolute atomic E-state index is 14.4. The molecule has 4 rings (SSSR count). The SMILES string of the molecule is CN(C)c1cc(N[C@H]2CC[C@@H](CN(C(N)=O)c3c(F)cc(Br)cc3F)CC2)nc2ccccc12. The van der Waals surface area contributed by atoms with Crippen LogP contribution in [-0.4, -0.2) is 37.7 Å². The number of hydrogen-bond donors (Lipinski definition) is 2. The third-order valence-electron chi connectivity index (χ3n) is 6.33. The summed E-state index contributed by atoms with van der Waals surface area (Å²) < 4.78 is 29.1. The van der Waals surface area contributed by atoms with E-state index in [0.29, 0.717) is 0 Å². The number of nitrogens with one attached hydrogen (secondary N) is 1. The van der Waals surface area contributed by atoms with Gasteiger partial charge < -0.3 is 16.0 Å². The van der Waals surface area contributed by atoms with E-state index < -0.39 is 23.4 Å². The van der Waals surface area contributed by atoms with Gasteiger partial charge in [0.1, 0.15) is 11.5 Å². The van der Waals surface area contributed by atoms with Gasteiger partial charge in [0.2, 0.25) is 0 Å². The fraction of sp³-hybridized carbons (Fsp3) is 0.360. The summed E-state index contributed by atoms with van der Waals surface area (Å²) in [6.45, 7) is 0.177. The molecule has 180 valence electrons. The van der Waals surface area contributed by atoms with Gasteiger partial charge in [0.25, 0.3) is 0 Å². The molecular formula is C25H28BrF2N5O. The lowest BCUT2D eigenvalue weighted by Crippen LogP contribution is -2.42. The lowest BCUT2D eigenvalue weighted by Gasteiger charge is -2.33. The monoisotopic (exact) mass is 531 g/mol. The molecular weight excluding hydrogens is 504 g/mol. The van der Waals surface area contributed by atoms with Gasteiger partial charge in [-0.3, -0.25) is 4.90 Å². The van der Waals surface area contributed by atoms with Crippen molar-refractivity contribution in [2.75, 3.05) is 35.8 Å². The second-order valence-corrected chi connectivity index (χ2v) is 9.88. The second-order valence-electron chi connectivity index (χ2n) is 8.97. The number of benzene rings is 2. The highest BCUT2D eigenvalue weighted by molar-refractivity contribution is 9.10. The first-order valence-electron chi connectivity index (χ1n) is 11.3. The summed E-state index contributed by atoms with van der Waals surface area (Å²) in [6, 6.07) is 11.7. The van der Waals surface area contributed by atoms with Gasteiger partial charge >= 0.3 is 6.03 Å². The number of rotatable bonds is 6. The topological polar surface area (TPSA) is 74.5 Å². The number of carbonyl (C=O) groups excluding carboxylic acids is 1. The fourth-order valence-corrected chi connectivity index (χ4v) is 5.04. The molecule has 34 heavy (non-hydrogen) atoms. The summed E-state index contributed by atoms with van der Waals surface area (Å²) in [7, 11) is 4.02. The van der Waals surface area contributed by atoms with Crippen LogP contribution in [0.4, 0.5) is 30.8 Å². The molecule has 0 radical (unpaired) electrons. The maximum atomic E-state index is 14.4. The van der Waals surface area contributed by atoms with Crippen LogP contribution in [0.3, 0.4) is 0 Å². The van der Waals surface area contributed by atoms with E-state index in [1.54, 1.807) is 0 Å². The van der Waals surface area contributed by atoms with E-state index in [1.807, 2.05) is 32.3 Å². The van der Waals surface area contributed by atoms with E-state index in [1.165, 1.54) is 0 Å². The van der Waals surface area contributed by atoms with E-state index in [9.17, 15) is 13.6 Å². The molecule has 0 aliphatic heterocycles. The lowest BCUT2D eigenvalue weighted by atomic mass is 9.85. The number of para-hydroxylation sites is 1. The van der Waals surface area contributed by atoms with Gasteiger partial charge in [-0.25, -0.2) is 18.6 Å². The van der Waals surface area contributed by atoms with Crippen LogP contribution in [0.5, 0.6) is 0 Å². The number of hydrogen-bond acceptors (Lipinski definition) is 4. The van der Waals surface area contributed by atoms with Gasteiger partial charge in [-0.2, -0.15) is 0 Å². The van der Waals surface area contributed by atoms with E-state index >= 15 is 0 Å². The Labute approximate surface area is 206 Å². The number of urea groups is 1. The number of halogens is 3. The number of primary amides is 1. The molecule has 1 aliphatic carbocycles. The molecule has 6 nitrogen and oxygen atoms in total.